The van der Waals surface area contributed by atoms with Gasteiger partial charge < -0.3 is 15.2 Å². The molecule has 1 fully saturated rings. The molecule has 0 saturated carbocycles. The van der Waals surface area contributed by atoms with E-state index in [0.717, 1.165) is 19.5 Å². The first kappa shape index (κ1) is 16.9. The van der Waals surface area contributed by atoms with E-state index in [2.05, 4.69) is 25.7 Å². The fraction of sp³-hybridized carbons (Fsp3) is 1.00. The molecule has 19 heavy (non-hydrogen) atoms. The van der Waals surface area contributed by atoms with Crippen LogP contribution in [0.25, 0.3) is 0 Å². The Morgan fingerprint density at radius 2 is 1.84 bits per heavy atom. The third-order valence-electron chi connectivity index (χ3n) is 4.68. The third kappa shape index (κ3) is 4.71. The molecule has 1 aliphatic heterocycles. The van der Waals surface area contributed by atoms with E-state index in [4.69, 9.17) is 15.2 Å². The molecule has 0 aliphatic carbocycles. The molecule has 1 aliphatic rings. The number of hydrogen-bond donors (Lipinski definition) is 1. The second-order valence-electron chi connectivity index (χ2n) is 6.81. The lowest BCUT2D eigenvalue weighted by molar-refractivity contribution is -0.128. The molecule has 1 saturated heterocycles. The highest BCUT2D eigenvalue weighted by Gasteiger charge is 2.36. The van der Waals surface area contributed by atoms with Crippen molar-refractivity contribution < 1.29 is 9.47 Å². The Kier molecular flexibility index (Phi) is 6.24. The summed E-state index contributed by atoms with van der Waals surface area (Å²) in [5.41, 5.74) is 6.47. The summed E-state index contributed by atoms with van der Waals surface area (Å²) in [6.07, 6.45) is 4.41. The number of hydrogen-bond acceptors (Lipinski definition) is 4. The maximum absolute atomic E-state index is 6.06. The SMILES string of the molecule is COC(CC(C)(CN)N1CCCC(C)(C)CC1)OC. The zero-order valence-corrected chi connectivity index (χ0v) is 13.4. The van der Waals surface area contributed by atoms with E-state index in [1.165, 1.54) is 19.3 Å². The number of methoxy groups -OCH3 is 2. The van der Waals surface area contributed by atoms with Crippen molar-refractivity contribution in [1.29, 1.82) is 0 Å². The monoisotopic (exact) mass is 272 g/mol. The number of nitrogens with two attached hydrogens (primary N) is 1. The minimum absolute atomic E-state index is 0.0445. The van der Waals surface area contributed by atoms with Crippen LogP contribution in [0, 0.1) is 5.41 Å². The average Bonchev–Trinajstić information content (AvgIpc) is 2.57. The van der Waals surface area contributed by atoms with Crippen LogP contribution in [0.4, 0.5) is 0 Å². The predicted octanol–water partition coefficient (Wildman–Crippen LogP) is 2.22. The molecule has 1 heterocycles. The Morgan fingerprint density at radius 1 is 1.21 bits per heavy atom. The molecule has 4 nitrogen and oxygen atoms in total. The molecule has 0 aromatic rings. The Hall–Kier alpha value is -0.160. The van der Waals surface area contributed by atoms with E-state index in [1.54, 1.807) is 14.2 Å². The van der Waals surface area contributed by atoms with E-state index >= 15 is 0 Å². The minimum Gasteiger partial charge on any atom is -0.356 e. The molecule has 0 bridgehead atoms. The van der Waals surface area contributed by atoms with Crippen molar-refractivity contribution in [2.24, 2.45) is 11.1 Å². The molecule has 0 radical (unpaired) electrons. The zero-order valence-electron chi connectivity index (χ0n) is 13.4. The molecule has 4 heteroatoms. The van der Waals surface area contributed by atoms with Gasteiger partial charge in [-0.2, -0.15) is 0 Å². The summed E-state index contributed by atoms with van der Waals surface area (Å²) < 4.78 is 10.7. The van der Waals surface area contributed by atoms with Gasteiger partial charge in [-0.3, -0.25) is 4.90 Å². The van der Waals surface area contributed by atoms with Crippen molar-refractivity contribution in [1.82, 2.24) is 4.90 Å². The van der Waals surface area contributed by atoms with Crippen molar-refractivity contribution >= 4 is 0 Å². The van der Waals surface area contributed by atoms with E-state index in [-0.39, 0.29) is 11.8 Å². The first-order valence-corrected chi connectivity index (χ1v) is 7.37. The fourth-order valence-corrected chi connectivity index (χ4v) is 2.93. The van der Waals surface area contributed by atoms with Gasteiger partial charge in [0, 0.05) is 32.7 Å². The summed E-state index contributed by atoms with van der Waals surface area (Å²) in [5.74, 6) is 0. The number of likely N-dealkylation sites (tertiary alicyclic amines) is 1. The quantitative estimate of drug-likeness (QED) is 0.753. The van der Waals surface area contributed by atoms with Gasteiger partial charge in [0.05, 0.1) is 0 Å². The zero-order chi connectivity index (χ0) is 14.5. The summed E-state index contributed by atoms with van der Waals surface area (Å²) >= 11 is 0. The van der Waals surface area contributed by atoms with E-state index in [0.29, 0.717) is 12.0 Å². The summed E-state index contributed by atoms with van der Waals surface area (Å²) in [4.78, 5) is 2.53. The van der Waals surface area contributed by atoms with Crippen LogP contribution in [0.5, 0.6) is 0 Å². The van der Waals surface area contributed by atoms with E-state index in [1.807, 2.05) is 0 Å². The van der Waals surface area contributed by atoms with Crippen molar-refractivity contribution in [2.75, 3.05) is 33.9 Å². The topological polar surface area (TPSA) is 47.7 Å². The van der Waals surface area contributed by atoms with Crippen LogP contribution in [-0.4, -0.2) is 50.6 Å². The van der Waals surface area contributed by atoms with Crippen LogP contribution < -0.4 is 5.73 Å². The highest BCUT2D eigenvalue weighted by Crippen LogP contribution is 2.33. The van der Waals surface area contributed by atoms with Gasteiger partial charge in [0.15, 0.2) is 6.29 Å². The Morgan fingerprint density at radius 3 is 2.37 bits per heavy atom. The van der Waals surface area contributed by atoms with E-state index < -0.39 is 0 Å². The molecular formula is C15H32N2O2. The number of ether oxygens (including phenoxy) is 2. The van der Waals surface area contributed by atoms with Gasteiger partial charge in [0.2, 0.25) is 0 Å². The molecule has 1 rings (SSSR count). The Labute approximate surface area is 118 Å². The third-order valence-corrected chi connectivity index (χ3v) is 4.68. The van der Waals surface area contributed by atoms with Gasteiger partial charge in [0.25, 0.3) is 0 Å². The van der Waals surface area contributed by atoms with Crippen molar-refractivity contribution in [3.63, 3.8) is 0 Å². The molecule has 0 aromatic heterocycles. The molecule has 0 amide bonds. The molecule has 0 spiro atoms. The molecule has 1 unspecified atom stereocenters. The lowest BCUT2D eigenvalue weighted by Gasteiger charge is -2.42. The smallest absolute Gasteiger partial charge is 0.158 e. The molecule has 2 N–H and O–H groups in total. The molecule has 114 valence electrons. The highest BCUT2D eigenvalue weighted by molar-refractivity contribution is 4.91. The Bertz CT molecular complexity index is 267. The summed E-state index contributed by atoms with van der Waals surface area (Å²) in [6, 6.07) is 0. The molecule has 0 aromatic carbocycles. The van der Waals surface area contributed by atoms with Crippen molar-refractivity contribution in [3.8, 4) is 0 Å². The van der Waals surface area contributed by atoms with Gasteiger partial charge in [-0.25, -0.2) is 0 Å². The lowest BCUT2D eigenvalue weighted by Crippen LogP contribution is -2.54. The summed E-state index contributed by atoms with van der Waals surface area (Å²) in [6.45, 7) is 9.83. The minimum atomic E-state index is -0.176. The van der Waals surface area contributed by atoms with Crippen LogP contribution in [0.1, 0.15) is 46.5 Å². The number of nitrogens with zero attached hydrogens (tertiary/aromatic N) is 1. The first-order valence-electron chi connectivity index (χ1n) is 7.37. The largest absolute Gasteiger partial charge is 0.356 e. The van der Waals surface area contributed by atoms with Crippen LogP contribution in [0.15, 0.2) is 0 Å². The van der Waals surface area contributed by atoms with Gasteiger partial charge in [-0.1, -0.05) is 13.8 Å². The van der Waals surface area contributed by atoms with Crippen LogP contribution in [0.3, 0.4) is 0 Å². The highest BCUT2D eigenvalue weighted by atomic mass is 16.7. The van der Waals surface area contributed by atoms with E-state index in [9.17, 15) is 0 Å². The summed E-state index contributed by atoms with van der Waals surface area (Å²) in [7, 11) is 3.38. The maximum Gasteiger partial charge on any atom is 0.158 e. The predicted molar refractivity (Wildman–Crippen MR) is 79.1 cm³/mol. The average molecular weight is 272 g/mol. The lowest BCUT2D eigenvalue weighted by atomic mass is 9.85. The van der Waals surface area contributed by atoms with Gasteiger partial charge in [0.1, 0.15) is 0 Å². The number of rotatable bonds is 6. The second-order valence-corrected chi connectivity index (χ2v) is 6.81. The second kappa shape index (κ2) is 7.02. The van der Waals surface area contributed by atoms with Crippen LogP contribution in [-0.2, 0) is 9.47 Å². The van der Waals surface area contributed by atoms with Crippen LogP contribution >= 0.6 is 0 Å². The van der Waals surface area contributed by atoms with Gasteiger partial charge >= 0.3 is 0 Å². The Balaban J connectivity index is 2.71. The van der Waals surface area contributed by atoms with Crippen molar-refractivity contribution in [3.05, 3.63) is 0 Å². The summed E-state index contributed by atoms with van der Waals surface area (Å²) in [5, 5.41) is 0. The van der Waals surface area contributed by atoms with Crippen LogP contribution in [0.2, 0.25) is 0 Å². The first-order chi connectivity index (χ1) is 8.87. The maximum atomic E-state index is 6.06. The van der Waals surface area contributed by atoms with Crippen molar-refractivity contribution in [2.45, 2.75) is 58.3 Å². The fourth-order valence-electron chi connectivity index (χ4n) is 2.93. The van der Waals surface area contributed by atoms with Gasteiger partial charge in [-0.05, 0) is 44.7 Å². The standard InChI is InChI=1S/C15H32N2O2/c1-14(2)7-6-9-17(10-8-14)15(3,12-16)11-13(18-4)19-5/h13H,6-12,16H2,1-5H3. The normalized spacial score (nSPS) is 24.2. The molecular weight excluding hydrogens is 240 g/mol. The van der Waals surface area contributed by atoms with Gasteiger partial charge in [-0.15, -0.1) is 0 Å². The molecule has 1 atom stereocenters.